The number of aliphatic hydroxyl groups is 1. The Kier molecular flexibility index (Phi) is 37.9. The fourth-order valence-corrected chi connectivity index (χ4v) is 21.3. The van der Waals surface area contributed by atoms with Crippen LogP contribution >= 0.6 is 57.1 Å². The van der Waals surface area contributed by atoms with Crippen LogP contribution in [0.25, 0.3) is 68.7 Å². The van der Waals surface area contributed by atoms with E-state index in [0.717, 1.165) is 134 Å². The third-order valence-electron chi connectivity index (χ3n) is 24.5. The predicted octanol–water partition coefficient (Wildman–Crippen LogP) is 18.4. The Morgan fingerprint density at radius 3 is 1.75 bits per heavy atom. The molecule has 40 heteroatoms. The number of carbonyl (C=O) groups is 8. The predicted molar refractivity (Wildman–Crippen MR) is 572 cm³/mol. The largest absolute Gasteiger partial charge is 0.508 e. The number of allylic oxidation sites excluding steroid dienone is 3. The molecule has 14 aromatic rings. The van der Waals surface area contributed by atoms with Crippen molar-refractivity contribution in [3.63, 3.8) is 0 Å². The van der Waals surface area contributed by atoms with E-state index in [1.165, 1.54) is 126 Å². The zero-order chi connectivity index (χ0) is 106. The number of likely N-dealkylation sites (N-methyl/N-ethyl adjacent to an activating group) is 2. The summed E-state index contributed by atoms with van der Waals surface area (Å²) < 4.78 is 35.1. The van der Waals surface area contributed by atoms with E-state index >= 15 is 0 Å². The van der Waals surface area contributed by atoms with Crippen molar-refractivity contribution in [3.8, 4) is 51.7 Å². The van der Waals surface area contributed by atoms with E-state index in [1.54, 1.807) is 31.9 Å². The maximum absolute atomic E-state index is 12.9. The van der Waals surface area contributed by atoms with E-state index in [9.17, 15) is 63.7 Å². The number of aromatic nitrogens is 5. The number of fused-ring (bicyclic) bond motifs is 12. The van der Waals surface area contributed by atoms with Crippen LogP contribution in [0.3, 0.4) is 0 Å². The van der Waals surface area contributed by atoms with Crippen molar-refractivity contribution in [1.82, 2.24) is 29.6 Å². The minimum Gasteiger partial charge on any atom is -0.508 e. The first-order chi connectivity index (χ1) is 69.7. The number of para-hydroxylation sites is 2. The van der Waals surface area contributed by atoms with Crippen LogP contribution in [0.15, 0.2) is 168 Å². The molecule has 0 bridgehead atoms. The average molecular weight is 2090 g/mol. The quantitative estimate of drug-likeness (QED) is 0.0111. The number of carboxylic acids is 2. The number of nitrogens with zero attached hydrogens (tertiary/aromatic N) is 7. The first-order valence-electron chi connectivity index (χ1n) is 46.4. The van der Waals surface area contributed by atoms with Crippen LogP contribution in [0.1, 0.15) is 173 Å². The number of thioether (sulfide) groups is 1. The summed E-state index contributed by atoms with van der Waals surface area (Å²) in [5.74, 6) is 1.75. The van der Waals surface area contributed by atoms with Gasteiger partial charge in [0.05, 0.1) is 73.6 Å². The van der Waals surface area contributed by atoms with Crippen molar-refractivity contribution in [1.29, 1.82) is 0 Å². The molecule has 3 atom stereocenters. The third kappa shape index (κ3) is 27.3. The van der Waals surface area contributed by atoms with Crippen molar-refractivity contribution in [2.45, 2.75) is 150 Å². The highest BCUT2D eigenvalue weighted by Crippen LogP contribution is 2.52. The number of ketones is 3. The van der Waals surface area contributed by atoms with Crippen LogP contribution in [0.4, 0.5) is 21.6 Å². The van der Waals surface area contributed by atoms with E-state index < -0.39 is 17.9 Å². The molecule has 0 spiro atoms. The number of anilines is 4. The lowest BCUT2D eigenvalue weighted by atomic mass is 9.81. The van der Waals surface area contributed by atoms with Gasteiger partial charge in [0.1, 0.15) is 67.0 Å². The molecule has 7 aromatic heterocycles. The number of nitrogens with two attached hydrogens (primary N) is 3. The second-order valence-corrected chi connectivity index (χ2v) is 40.2. The normalized spacial score (nSPS) is 15.2. The second-order valence-electron chi connectivity index (χ2n) is 35.1. The number of aromatic hydroxyl groups is 4. The lowest BCUT2D eigenvalue weighted by Crippen LogP contribution is -2.45. The smallest absolute Gasteiger partial charge is 0.342 e. The van der Waals surface area contributed by atoms with Crippen molar-refractivity contribution in [2.24, 2.45) is 11.5 Å². The summed E-state index contributed by atoms with van der Waals surface area (Å²) in [5.41, 5.74) is 29.1. The van der Waals surface area contributed by atoms with E-state index in [0.29, 0.717) is 126 Å². The van der Waals surface area contributed by atoms with Gasteiger partial charge >= 0.3 is 17.9 Å². The molecule has 1 saturated heterocycles. The summed E-state index contributed by atoms with van der Waals surface area (Å²) in [4.78, 5) is 126. The SMILES string of the molecule is CC(=O)/C=C/c1cc(O)ccc1O.CN1CC[C@@]2(C)c3cc(O)ccc3N(C)[C@@H]12.COc1c(C)c2c(c(O)c1C/C=C(\C)CCC(C)=O)C(=O)OC2.CSCC[C@@H](N)C(C)=O.Cc1c(C(=O)Nc2nc3ccccc3s2)sc2nc3cc4c(cc3cc12)OCO4.Cc1cc(C2CCCCC2)n(O)c(=O)c1.NCCO.Nc1c(C(=O)Nc2nc3ccccc3s2)sc2nc3cc4c(cc3cc12)OCO4.O=C(O)/C=C/C(=O)O. The first kappa shape index (κ1) is 110. The van der Waals surface area contributed by atoms with Crippen LogP contribution in [-0.4, -0.2) is 196 Å². The van der Waals surface area contributed by atoms with Crippen molar-refractivity contribution < 1.29 is 108 Å². The molecule has 2 amide bonds. The van der Waals surface area contributed by atoms with Crippen molar-refractivity contribution in [3.05, 3.63) is 234 Å². The Labute approximate surface area is 860 Å². The van der Waals surface area contributed by atoms with Crippen LogP contribution in [0.5, 0.6) is 51.7 Å². The van der Waals surface area contributed by atoms with Gasteiger partial charge in [-0.2, -0.15) is 16.5 Å². The number of likely N-dealkylation sites (tertiary alicyclic amines) is 1. The molecule has 0 radical (unpaired) electrons. The Morgan fingerprint density at radius 2 is 1.21 bits per heavy atom. The van der Waals surface area contributed by atoms with Gasteiger partial charge < -0.3 is 96.3 Å². The number of nitrogens with one attached hydrogen (secondary N) is 2. The minimum absolute atomic E-state index is 0.0373. The number of pyridine rings is 3. The van der Waals surface area contributed by atoms with Crippen LogP contribution < -0.4 is 62.0 Å². The Bertz CT molecular complexity index is 7080. The number of phenolic OH excluding ortho intramolecular Hbond substituents is 4. The first-order valence-corrected chi connectivity index (χ1v) is 51.1. The molecule has 16 N–H and O–H groups in total. The molecule has 6 aliphatic rings. The topological polar surface area (TPSA) is 536 Å². The number of cyclic esters (lactones) is 1. The number of benzene rings is 7. The molecule has 7 aromatic carbocycles. The summed E-state index contributed by atoms with van der Waals surface area (Å²) >= 11 is 7.26. The Morgan fingerprint density at radius 1 is 0.658 bits per heavy atom. The number of thiazole rings is 2. The zero-order valence-corrected chi connectivity index (χ0v) is 86.5. The molecular formula is C106H116N12O23S5. The second kappa shape index (κ2) is 50.3. The van der Waals surface area contributed by atoms with E-state index in [-0.39, 0.29) is 95.8 Å². The van der Waals surface area contributed by atoms with Crippen LogP contribution in [-0.2, 0) is 47.2 Å². The van der Waals surface area contributed by atoms with Gasteiger partial charge in [-0.05, 0) is 231 Å². The number of hydrogen-bond donors (Lipinski definition) is 13. The Hall–Kier alpha value is -14.6. The maximum Gasteiger partial charge on any atom is 0.342 e. The lowest BCUT2D eigenvalue weighted by molar-refractivity contribution is -0.134. The lowest BCUT2D eigenvalue weighted by Gasteiger charge is -2.32. The fourth-order valence-electron chi connectivity index (χ4n) is 17.0. The fraction of sp³-hybridized carbons (Fsp3) is 0.311. The standard InChI is InChI=1S/C21H13N3O3S2.C20H12N4O3S2.C18H22O5.C13H18N2O.C12H17NO2.C10H10O3.C6H13NOS.C4H4O4.C2H7NO/c1-10-12-6-11-7-15-16(27-9-26-15)8-14(11)22-20(12)29-18(10)19(25)24-21-23-13-4-2-3-5-17(13)28-21;21-16-10-5-9-6-13-14(27-8-26-13)7-12(9)22-19(10)29-17(16)18(25)24-20-23-11-3-1-2-4-15(11)28-20;1-10(5-7-11(2)19)6-8-13-16(20)15-14(9-23-18(15)21)12(3)17(13)22-4;1-13-6-7-14(2)12(13)15(3)11-5-4-9(16)8-10(11)13;1-9-7-11(13(15)12(14)8-9)10-5-3-2-4-6-10;1-7(11)2-3-8-6-9(12)4-5-10(8)13;1-5(8)6(7)3-4-9-2;5-3(6)1-2-4(7)8;3-1-2-4/h2-8H,9H2,1H3,(H,23,24,25);1-7H,8,21H2,(H,23,24,25);6,20H,5,7-9H2,1-4H3;4-5,8,12,16H,6-7H2,1-3H3;7-8,10,15H,2-6H2,1H3;2-6,12-13H,1H3;6H,3-4,7H2,1-2H3;1-2H,(H,5,6)(H,7,8);4H,1-3H2/b;;10-6+;;;3-2+;;2-1+;/t;;;12-,13+;;;6-;;/m...1..1../s1. The van der Waals surface area contributed by atoms with Gasteiger partial charge in [0.2, 0.25) is 13.6 Å². The van der Waals surface area contributed by atoms with Gasteiger partial charge in [0.25, 0.3) is 17.4 Å². The molecule has 0 unspecified atom stereocenters. The molecule has 5 aliphatic heterocycles. The number of esters is 1. The van der Waals surface area contributed by atoms with Gasteiger partial charge in [-0.15, -0.1) is 22.7 Å². The number of thiophene rings is 2. The van der Waals surface area contributed by atoms with Gasteiger partial charge in [-0.3, -0.25) is 39.5 Å². The summed E-state index contributed by atoms with van der Waals surface area (Å²) in [6, 6.07) is 40.1. The number of methoxy groups -OCH3 is 1. The molecule has 35 nitrogen and oxygen atoms in total. The highest BCUT2D eigenvalue weighted by atomic mass is 32.2. The number of hydrogen-bond acceptors (Lipinski definition) is 35. The molecule has 768 valence electrons. The molecule has 146 heavy (non-hydrogen) atoms. The third-order valence-corrected chi connectivity index (χ3v) is 29.4. The number of carboxylic acid groups (broad SMARTS) is 2. The van der Waals surface area contributed by atoms with E-state index in [1.807, 2.05) is 137 Å². The number of ether oxygens (including phenoxy) is 6. The van der Waals surface area contributed by atoms with Gasteiger partial charge in [0.15, 0.2) is 39.0 Å². The van der Waals surface area contributed by atoms with Gasteiger partial charge in [-0.1, -0.05) is 84.8 Å². The molecule has 2 fully saturated rings. The maximum atomic E-state index is 12.9. The minimum atomic E-state index is -1.26. The number of aryl methyl sites for hydroxylation is 2. The Balaban J connectivity index is 0.000000153. The number of nitrogen functional groups attached to an aromatic ring is 1. The number of carbonyl (C=O) groups excluding carboxylic acids is 6. The molecular weight excluding hydrogens is 1970 g/mol. The number of Topliss-reactive ketones (excluding diaryl/α,β-unsaturated/α-hetero) is 2. The monoisotopic (exact) mass is 2080 g/mol. The number of aliphatic carboxylic acids is 2. The molecule has 20 rings (SSSR count). The molecule has 1 aliphatic carbocycles. The average Bonchev–Trinajstić information content (AvgIpc) is 1.56. The number of phenols is 4. The summed E-state index contributed by atoms with van der Waals surface area (Å²) in [6.45, 7) is 16.7. The van der Waals surface area contributed by atoms with Crippen LogP contribution in [0.2, 0.25) is 0 Å². The number of aliphatic hydroxyl groups excluding tert-OH is 1. The van der Waals surface area contributed by atoms with Crippen LogP contribution in [0, 0.1) is 20.8 Å². The highest BCUT2D eigenvalue weighted by Gasteiger charge is 2.52. The van der Waals surface area contributed by atoms with Gasteiger partial charge in [0, 0.05) is 112 Å². The summed E-state index contributed by atoms with van der Waals surface area (Å²) in [6.07, 6.45) is 17.7. The molecule has 1 saturated carbocycles. The number of rotatable bonds is 20. The van der Waals surface area contributed by atoms with Crippen molar-refractivity contribution in [2.75, 3.05) is 87.8 Å². The van der Waals surface area contributed by atoms with E-state index in [2.05, 4.69) is 62.5 Å². The summed E-state index contributed by atoms with van der Waals surface area (Å²) in [5, 5.41) is 82.0. The van der Waals surface area contributed by atoms with Crippen molar-refractivity contribution >= 4 is 195 Å². The number of amides is 2. The van der Waals surface area contributed by atoms with E-state index in [4.69, 9.17) is 71.0 Å². The summed E-state index contributed by atoms with van der Waals surface area (Å²) in [7, 11) is 5.87. The highest BCUT2D eigenvalue weighted by molar-refractivity contribution is 7.98. The van der Waals surface area contributed by atoms with Gasteiger partial charge in [-0.25, -0.2) is 34.3 Å². The zero-order valence-electron chi connectivity index (χ0n) is 82.4. The molecule has 12 heterocycles.